The van der Waals surface area contributed by atoms with Gasteiger partial charge in [-0.05, 0) is 32.6 Å². The van der Waals surface area contributed by atoms with Crippen molar-refractivity contribution in [2.45, 2.75) is 72.0 Å². The van der Waals surface area contributed by atoms with Crippen LogP contribution in [0.25, 0.3) is 0 Å². The largest absolute Gasteiger partial charge is 0.314 e. The van der Waals surface area contributed by atoms with Crippen molar-refractivity contribution in [3.8, 4) is 0 Å². The first-order chi connectivity index (χ1) is 8.59. The van der Waals surface area contributed by atoms with Gasteiger partial charge in [-0.2, -0.15) is 0 Å². The molecule has 0 saturated heterocycles. The zero-order chi connectivity index (χ0) is 13.1. The van der Waals surface area contributed by atoms with E-state index in [9.17, 15) is 0 Å². The molecule has 0 aliphatic carbocycles. The lowest BCUT2D eigenvalue weighted by Gasteiger charge is -2.23. The standard InChI is InChI=1S/C14H26N4/c1-10(2)11(3)15-12(4)14-17-16-13-8-6-5-7-9-18(13)14/h10-12,15H,5-9H2,1-4H3. The number of aromatic nitrogens is 3. The van der Waals surface area contributed by atoms with Gasteiger partial charge in [0.1, 0.15) is 11.6 Å². The highest BCUT2D eigenvalue weighted by Crippen LogP contribution is 2.19. The molecule has 1 N–H and O–H groups in total. The van der Waals surface area contributed by atoms with Crippen LogP contribution >= 0.6 is 0 Å². The lowest BCUT2D eigenvalue weighted by Crippen LogP contribution is -2.34. The third-order valence-electron chi connectivity index (χ3n) is 4.04. The number of fused-ring (bicyclic) bond motifs is 1. The number of nitrogens with zero attached hydrogens (tertiary/aromatic N) is 3. The molecule has 102 valence electrons. The molecule has 1 aliphatic heterocycles. The smallest absolute Gasteiger partial charge is 0.149 e. The van der Waals surface area contributed by atoms with E-state index < -0.39 is 0 Å². The number of hydrogen-bond donors (Lipinski definition) is 1. The van der Waals surface area contributed by atoms with Crippen molar-refractivity contribution in [1.29, 1.82) is 0 Å². The van der Waals surface area contributed by atoms with Gasteiger partial charge < -0.3 is 9.88 Å². The molecule has 2 heterocycles. The van der Waals surface area contributed by atoms with Crippen LogP contribution in [-0.2, 0) is 13.0 Å². The van der Waals surface area contributed by atoms with Gasteiger partial charge in [0.25, 0.3) is 0 Å². The molecule has 2 atom stereocenters. The van der Waals surface area contributed by atoms with Gasteiger partial charge in [-0.15, -0.1) is 10.2 Å². The van der Waals surface area contributed by atoms with Crippen LogP contribution in [-0.4, -0.2) is 20.8 Å². The van der Waals surface area contributed by atoms with Gasteiger partial charge in [-0.1, -0.05) is 20.3 Å². The molecule has 0 spiro atoms. The molecule has 0 radical (unpaired) electrons. The molecule has 0 fully saturated rings. The van der Waals surface area contributed by atoms with Gasteiger partial charge in [0.15, 0.2) is 0 Å². The van der Waals surface area contributed by atoms with Crippen LogP contribution in [0.1, 0.15) is 64.6 Å². The zero-order valence-corrected chi connectivity index (χ0v) is 12.1. The molecule has 1 aromatic heterocycles. The first-order valence-electron chi connectivity index (χ1n) is 7.27. The summed E-state index contributed by atoms with van der Waals surface area (Å²) < 4.78 is 2.33. The summed E-state index contributed by atoms with van der Waals surface area (Å²) in [5.74, 6) is 2.92. The molecule has 0 saturated carbocycles. The van der Waals surface area contributed by atoms with E-state index in [-0.39, 0.29) is 6.04 Å². The van der Waals surface area contributed by atoms with Crippen molar-refractivity contribution in [1.82, 2.24) is 20.1 Å². The summed E-state index contributed by atoms with van der Waals surface area (Å²) in [4.78, 5) is 0. The molecule has 2 rings (SSSR count). The van der Waals surface area contributed by atoms with E-state index in [2.05, 4.69) is 47.8 Å². The topological polar surface area (TPSA) is 42.7 Å². The maximum absolute atomic E-state index is 4.40. The van der Waals surface area contributed by atoms with E-state index in [1.165, 1.54) is 25.1 Å². The van der Waals surface area contributed by atoms with E-state index in [0.29, 0.717) is 12.0 Å². The van der Waals surface area contributed by atoms with Crippen molar-refractivity contribution in [3.63, 3.8) is 0 Å². The van der Waals surface area contributed by atoms with Gasteiger partial charge in [0, 0.05) is 19.0 Å². The van der Waals surface area contributed by atoms with Gasteiger partial charge in [0.05, 0.1) is 6.04 Å². The summed E-state index contributed by atoms with van der Waals surface area (Å²) in [7, 11) is 0. The Kier molecular flexibility index (Phi) is 4.38. The Morgan fingerprint density at radius 3 is 2.56 bits per heavy atom. The van der Waals surface area contributed by atoms with Crippen LogP contribution in [0.4, 0.5) is 0 Å². The maximum atomic E-state index is 4.40. The first kappa shape index (κ1) is 13.5. The molecule has 4 nitrogen and oxygen atoms in total. The highest BCUT2D eigenvalue weighted by Gasteiger charge is 2.20. The summed E-state index contributed by atoms with van der Waals surface area (Å²) in [5, 5.41) is 12.4. The van der Waals surface area contributed by atoms with Crippen LogP contribution in [0.15, 0.2) is 0 Å². The first-order valence-corrected chi connectivity index (χ1v) is 7.27. The second kappa shape index (κ2) is 5.83. The Bertz CT molecular complexity index is 383. The Morgan fingerprint density at radius 1 is 1.06 bits per heavy atom. The van der Waals surface area contributed by atoms with Crippen molar-refractivity contribution in [2.24, 2.45) is 5.92 Å². The molecule has 4 heteroatoms. The number of hydrogen-bond acceptors (Lipinski definition) is 3. The molecule has 1 aromatic rings. The lowest BCUT2D eigenvalue weighted by atomic mass is 10.1. The fourth-order valence-corrected chi connectivity index (χ4v) is 2.49. The van der Waals surface area contributed by atoms with Crippen molar-refractivity contribution >= 4 is 0 Å². The molecule has 2 unspecified atom stereocenters. The van der Waals surface area contributed by atoms with Crippen LogP contribution in [0.3, 0.4) is 0 Å². The van der Waals surface area contributed by atoms with E-state index in [1.807, 2.05) is 0 Å². The van der Waals surface area contributed by atoms with Crippen molar-refractivity contribution < 1.29 is 0 Å². The molecule has 1 aliphatic rings. The Balaban J connectivity index is 2.11. The Hall–Kier alpha value is -0.900. The number of nitrogens with one attached hydrogen (secondary N) is 1. The van der Waals surface area contributed by atoms with Crippen LogP contribution in [0.5, 0.6) is 0 Å². The summed E-state index contributed by atoms with van der Waals surface area (Å²) >= 11 is 0. The minimum absolute atomic E-state index is 0.279. The minimum Gasteiger partial charge on any atom is -0.314 e. The third-order valence-corrected chi connectivity index (χ3v) is 4.04. The normalized spacial score (nSPS) is 19.4. The predicted molar refractivity (Wildman–Crippen MR) is 73.4 cm³/mol. The predicted octanol–water partition coefficient (Wildman–Crippen LogP) is 2.70. The maximum Gasteiger partial charge on any atom is 0.149 e. The van der Waals surface area contributed by atoms with E-state index in [1.54, 1.807) is 0 Å². The van der Waals surface area contributed by atoms with E-state index in [0.717, 1.165) is 18.8 Å². The fraction of sp³-hybridized carbons (Fsp3) is 0.857. The van der Waals surface area contributed by atoms with Crippen molar-refractivity contribution in [3.05, 3.63) is 11.6 Å². The highest BCUT2D eigenvalue weighted by molar-refractivity contribution is 5.02. The average Bonchev–Trinajstić information content (AvgIpc) is 2.58. The summed E-state index contributed by atoms with van der Waals surface area (Å²) in [6.45, 7) is 10.0. The van der Waals surface area contributed by atoms with Crippen LogP contribution in [0, 0.1) is 5.92 Å². The van der Waals surface area contributed by atoms with Gasteiger partial charge in [-0.3, -0.25) is 0 Å². The van der Waals surface area contributed by atoms with Crippen LogP contribution in [0.2, 0.25) is 0 Å². The summed E-state index contributed by atoms with van der Waals surface area (Å²) in [5.41, 5.74) is 0. The summed E-state index contributed by atoms with van der Waals surface area (Å²) in [6.07, 6.45) is 4.90. The second-order valence-corrected chi connectivity index (χ2v) is 5.86. The molecule has 0 amide bonds. The number of rotatable bonds is 4. The summed E-state index contributed by atoms with van der Waals surface area (Å²) in [6, 6.07) is 0.778. The van der Waals surface area contributed by atoms with Crippen LogP contribution < -0.4 is 5.32 Å². The highest BCUT2D eigenvalue weighted by atomic mass is 15.3. The number of aryl methyl sites for hydroxylation is 1. The third kappa shape index (κ3) is 2.91. The minimum atomic E-state index is 0.279. The molecule has 0 aromatic carbocycles. The average molecular weight is 250 g/mol. The Labute approximate surface area is 110 Å². The van der Waals surface area contributed by atoms with E-state index in [4.69, 9.17) is 0 Å². The lowest BCUT2D eigenvalue weighted by molar-refractivity contribution is 0.373. The fourth-order valence-electron chi connectivity index (χ4n) is 2.49. The monoisotopic (exact) mass is 250 g/mol. The van der Waals surface area contributed by atoms with Crippen molar-refractivity contribution in [2.75, 3.05) is 0 Å². The zero-order valence-electron chi connectivity index (χ0n) is 12.1. The molecule has 18 heavy (non-hydrogen) atoms. The van der Waals surface area contributed by atoms with Gasteiger partial charge >= 0.3 is 0 Å². The van der Waals surface area contributed by atoms with E-state index >= 15 is 0 Å². The molecular formula is C14H26N4. The van der Waals surface area contributed by atoms with Gasteiger partial charge in [0.2, 0.25) is 0 Å². The molecular weight excluding hydrogens is 224 g/mol. The SMILES string of the molecule is CC(NC(C)C(C)C)c1nnc2n1CCCCC2. The quantitative estimate of drug-likeness (QED) is 0.893. The second-order valence-electron chi connectivity index (χ2n) is 5.86. The molecule has 0 bridgehead atoms. The van der Waals surface area contributed by atoms with Gasteiger partial charge in [-0.25, -0.2) is 0 Å². The Morgan fingerprint density at radius 2 is 1.83 bits per heavy atom.